The highest BCUT2D eigenvalue weighted by molar-refractivity contribution is 7.89. The van der Waals surface area contributed by atoms with Gasteiger partial charge >= 0.3 is 5.97 Å². The Morgan fingerprint density at radius 1 is 1.55 bits per heavy atom. The number of aromatic nitrogens is 2. The molecule has 0 aliphatic carbocycles. The number of hydrogen-bond acceptors (Lipinski definition) is 6. The number of aromatic amines is 1. The van der Waals surface area contributed by atoms with Crippen LogP contribution in [0.15, 0.2) is 11.2 Å². The van der Waals surface area contributed by atoms with E-state index in [-0.39, 0.29) is 18.6 Å². The van der Waals surface area contributed by atoms with Gasteiger partial charge in [-0.05, 0) is 13.8 Å². The van der Waals surface area contributed by atoms with Crippen LogP contribution in [0.2, 0.25) is 0 Å². The lowest BCUT2D eigenvalue weighted by atomic mass is 10.2. The number of primary amides is 1. The molecule has 0 aliphatic heterocycles. The van der Waals surface area contributed by atoms with Crippen LogP contribution < -0.4 is 10.5 Å². The summed E-state index contributed by atoms with van der Waals surface area (Å²) < 4.78 is 31.1. The van der Waals surface area contributed by atoms with Gasteiger partial charge in [-0.15, -0.1) is 0 Å². The average Bonchev–Trinajstić information content (AvgIpc) is 2.76. The molecule has 20 heavy (non-hydrogen) atoms. The van der Waals surface area contributed by atoms with E-state index >= 15 is 0 Å². The van der Waals surface area contributed by atoms with Gasteiger partial charge in [0.1, 0.15) is 5.56 Å². The molecule has 0 aromatic carbocycles. The summed E-state index contributed by atoms with van der Waals surface area (Å²) >= 11 is 0. The van der Waals surface area contributed by atoms with Gasteiger partial charge in [-0.25, -0.2) is 17.9 Å². The van der Waals surface area contributed by atoms with Crippen molar-refractivity contribution in [3.63, 3.8) is 0 Å². The van der Waals surface area contributed by atoms with Crippen LogP contribution in [0.4, 0.5) is 0 Å². The van der Waals surface area contributed by atoms with Gasteiger partial charge in [-0.2, -0.15) is 5.10 Å². The molecular weight excluding hydrogens is 288 g/mol. The molecule has 1 rings (SSSR count). The van der Waals surface area contributed by atoms with Gasteiger partial charge in [0, 0.05) is 12.5 Å². The van der Waals surface area contributed by atoms with E-state index in [0.29, 0.717) is 0 Å². The summed E-state index contributed by atoms with van der Waals surface area (Å²) in [7, 11) is -4.03. The van der Waals surface area contributed by atoms with E-state index in [9.17, 15) is 18.0 Å². The van der Waals surface area contributed by atoms with Gasteiger partial charge < -0.3 is 10.5 Å². The molecule has 4 N–H and O–H groups in total. The quantitative estimate of drug-likeness (QED) is 0.558. The molecule has 1 unspecified atom stereocenters. The van der Waals surface area contributed by atoms with Crippen LogP contribution in [0.5, 0.6) is 0 Å². The van der Waals surface area contributed by atoms with Gasteiger partial charge in [0.25, 0.3) is 10.0 Å². The van der Waals surface area contributed by atoms with E-state index in [4.69, 9.17) is 10.5 Å². The highest BCUT2D eigenvalue weighted by Gasteiger charge is 2.27. The second-order valence-electron chi connectivity index (χ2n) is 4.03. The van der Waals surface area contributed by atoms with Crippen molar-refractivity contribution in [2.24, 2.45) is 5.73 Å². The largest absolute Gasteiger partial charge is 0.462 e. The van der Waals surface area contributed by atoms with Crippen LogP contribution in [0, 0.1) is 0 Å². The number of nitrogens with two attached hydrogens (primary N) is 1. The number of amides is 1. The summed E-state index contributed by atoms with van der Waals surface area (Å²) in [6, 6.07) is -0.712. The van der Waals surface area contributed by atoms with Gasteiger partial charge in [-0.1, -0.05) is 0 Å². The Hall–Kier alpha value is -1.94. The molecule has 0 radical (unpaired) electrons. The molecule has 0 saturated carbocycles. The molecule has 0 bridgehead atoms. The predicted molar refractivity (Wildman–Crippen MR) is 68.1 cm³/mol. The molecule has 9 nitrogen and oxygen atoms in total. The van der Waals surface area contributed by atoms with Crippen LogP contribution in [0.25, 0.3) is 0 Å². The maximum Gasteiger partial charge on any atom is 0.342 e. The van der Waals surface area contributed by atoms with Crippen LogP contribution in [-0.2, 0) is 19.6 Å². The van der Waals surface area contributed by atoms with Crippen LogP contribution in [-0.4, -0.2) is 43.1 Å². The second kappa shape index (κ2) is 6.48. The maximum absolute atomic E-state index is 12.1. The first-order chi connectivity index (χ1) is 9.27. The van der Waals surface area contributed by atoms with E-state index in [0.717, 1.165) is 6.20 Å². The van der Waals surface area contributed by atoms with Crippen LogP contribution >= 0.6 is 0 Å². The van der Waals surface area contributed by atoms with Crippen LogP contribution in [0.3, 0.4) is 0 Å². The molecule has 1 aromatic heterocycles. The summed E-state index contributed by atoms with van der Waals surface area (Å²) in [5.41, 5.74) is 4.78. The van der Waals surface area contributed by atoms with Crippen molar-refractivity contribution in [3.05, 3.63) is 11.8 Å². The summed E-state index contributed by atoms with van der Waals surface area (Å²) in [5, 5.41) is 5.34. The average molecular weight is 304 g/mol. The number of carbonyl (C=O) groups is 2. The third-order valence-corrected chi connectivity index (χ3v) is 3.79. The number of rotatable bonds is 7. The van der Waals surface area contributed by atoms with Crippen molar-refractivity contribution in [3.8, 4) is 0 Å². The first-order valence-electron chi connectivity index (χ1n) is 5.79. The molecule has 1 heterocycles. The smallest absolute Gasteiger partial charge is 0.342 e. The third-order valence-electron chi connectivity index (χ3n) is 2.23. The summed E-state index contributed by atoms with van der Waals surface area (Å²) in [6.07, 6.45) is 0.896. The molecule has 0 saturated heterocycles. The van der Waals surface area contributed by atoms with Crippen molar-refractivity contribution >= 4 is 21.9 Å². The SMILES string of the molecule is CCOC(=O)c1cn[nH]c1S(=O)(=O)NC(C)CC(N)=O. The van der Waals surface area contributed by atoms with E-state index in [1.807, 2.05) is 0 Å². The Morgan fingerprint density at radius 2 is 2.20 bits per heavy atom. The van der Waals surface area contributed by atoms with E-state index in [1.54, 1.807) is 6.92 Å². The molecule has 1 atom stereocenters. The molecule has 112 valence electrons. The summed E-state index contributed by atoms with van der Waals surface area (Å²) in [4.78, 5) is 22.3. The third kappa shape index (κ3) is 4.03. The zero-order chi connectivity index (χ0) is 15.3. The standard InChI is InChI=1S/C10H16N4O5S/c1-3-19-10(16)7-5-12-13-9(7)20(17,18)14-6(2)4-8(11)15/h5-6,14H,3-4H2,1-2H3,(H2,11,15)(H,12,13). The van der Waals surface area contributed by atoms with Gasteiger partial charge in [-0.3, -0.25) is 9.89 Å². The lowest BCUT2D eigenvalue weighted by molar-refractivity contribution is -0.118. The van der Waals surface area contributed by atoms with Gasteiger partial charge in [0.15, 0.2) is 5.03 Å². The summed E-state index contributed by atoms with van der Waals surface area (Å²) in [5.74, 6) is -1.44. The number of carbonyl (C=O) groups excluding carboxylic acids is 2. The molecule has 1 aromatic rings. The highest BCUT2D eigenvalue weighted by Crippen LogP contribution is 2.14. The Morgan fingerprint density at radius 3 is 2.75 bits per heavy atom. The Labute approximate surface area is 115 Å². The second-order valence-corrected chi connectivity index (χ2v) is 5.68. The fourth-order valence-corrected chi connectivity index (χ4v) is 2.83. The lowest BCUT2D eigenvalue weighted by Crippen LogP contribution is -2.36. The minimum absolute atomic E-state index is 0.106. The minimum atomic E-state index is -4.03. The summed E-state index contributed by atoms with van der Waals surface area (Å²) in [6.45, 7) is 3.18. The van der Waals surface area contributed by atoms with Gasteiger partial charge in [0.05, 0.1) is 12.8 Å². The van der Waals surface area contributed by atoms with Crippen molar-refractivity contribution < 1.29 is 22.7 Å². The maximum atomic E-state index is 12.1. The fraction of sp³-hybridized carbons (Fsp3) is 0.500. The monoisotopic (exact) mass is 304 g/mol. The number of nitrogens with zero attached hydrogens (tertiary/aromatic N) is 1. The normalized spacial score (nSPS) is 12.9. The number of esters is 1. The van der Waals surface area contributed by atoms with E-state index in [2.05, 4.69) is 14.9 Å². The molecule has 1 amide bonds. The Bertz CT molecular complexity index is 595. The Balaban J connectivity index is 2.96. The molecule has 0 fully saturated rings. The topological polar surface area (TPSA) is 144 Å². The molecule has 0 aliphatic rings. The fourth-order valence-electron chi connectivity index (χ4n) is 1.50. The van der Waals surface area contributed by atoms with E-state index < -0.39 is 33.0 Å². The number of nitrogens with one attached hydrogen (secondary N) is 2. The number of H-pyrrole nitrogens is 1. The van der Waals surface area contributed by atoms with Gasteiger partial charge in [0.2, 0.25) is 5.91 Å². The Kier molecular flexibility index (Phi) is 5.22. The number of ether oxygens (including phenoxy) is 1. The molecule has 10 heteroatoms. The molecule has 0 spiro atoms. The first kappa shape index (κ1) is 16.1. The van der Waals surface area contributed by atoms with Crippen molar-refractivity contribution in [2.45, 2.75) is 31.3 Å². The number of hydrogen-bond donors (Lipinski definition) is 3. The van der Waals surface area contributed by atoms with Crippen molar-refractivity contribution in [1.29, 1.82) is 0 Å². The zero-order valence-corrected chi connectivity index (χ0v) is 11.9. The van der Waals surface area contributed by atoms with Crippen LogP contribution in [0.1, 0.15) is 30.6 Å². The predicted octanol–water partition coefficient (Wildman–Crippen LogP) is -0.871. The first-order valence-corrected chi connectivity index (χ1v) is 7.27. The van der Waals surface area contributed by atoms with E-state index in [1.165, 1.54) is 6.92 Å². The number of sulfonamides is 1. The minimum Gasteiger partial charge on any atom is -0.462 e. The lowest BCUT2D eigenvalue weighted by Gasteiger charge is -2.12. The van der Waals surface area contributed by atoms with Crippen molar-refractivity contribution in [1.82, 2.24) is 14.9 Å². The molecular formula is C10H16N4O5S. The highest BCUT2D eigenvalue weighted by atomic mass is 32.2. The van der Waals surface area contributed by atoms with Crippen molar-refractivity contribution in [2.75, 3.05) is 6.61 Å². The zero-order valence-electron chi connectivity index (χ0n) is 11.0.